The molecule has 2 nitrogen and oxygen atoms in total. The topological polar surface area (TPSA) is 16.4 Å². The van der Waals surface area contributed by atoms with Crippen LogP contribution in [-0.2, 0) is 0 Å². The third-order valence-corrected chi connectivity index (χ3v) is 13.3. The Morgan fingerprint density at radius 2 is 1.16 bits per heavy atom. The minimum atomic E-state index is 0.782. The van der Waals surface area contributed by atoms with Gasteiger partial charge >= 0.3 is 0 Å². The molecular weight excluding hydrogens is 775 g/mol. The molecule has 2 aliphatic carbocycles. The van der Waals surface area contributed by atoms with Crippen molar-refractivity contribution in [1.82, 2.24) is 0 Å². The molecule has 298 valence electrons. The normalized spacial score (nSPS) is 13.3. The molecule has 0 aliphatic heterocycles. The van der Waals surface area contributed by atoms with Gasteiger partial charge in [0.05, 0.1) is 10.9 Å². The van der Waals surface area contributed by atoms with Crippen LogP contribution in [0.2, 0.25) is 0 Å². The fourth-order valence-electron chi connectivity index (χ4n) is 10.1. The number of nitrogens with zero attached hydrogens (tertiary/aromatic N) is 1. The average Bonchev–Trinajstić information content (AvgIpc) is 3.72. The van der Waals surface area contributed by atoms with Crippen molar-refractivity contribution in [2.45, 2.75) is 12.8 Å². The fourth-order valence-corrected chi connectivity index (χ4v) is 10.1. The number of benzene rings is 10. The maximum atomic E-state index is 6.68. The molecule has 0 saturated heterocycles. The molecule has 13 rings (SSSR count). The van der Waals surface area contributed by atoms with Crippen LogP contribution in [0.4, 0.5) is 11.4 Å². The summed E-state index contributed by atoms with van der Waals surface area (Å²) in [7, 11) is 0. The van der Waals surface area contributed by atoms with E-state index in [9.17, 15) is 0 Å². The van der Waals surface area contributed by atoms with Gasteiger partial charge in [0.25, 0.3) is 0 Å². The lowest BCUT2D eigenvalue weighted by atomic mass is 9.90. The van der Waals surface area contributed by atoms with Crippen molar-refractivity contribution in [2.24, 2.45) is 0 Å². The standard InChI is InChI=1S/C62H39NO/c1-2-14-41(15-3-1)57-35-46(45-26-25-40-13-4-5-16-42(40)33-45)27-32-60(57)63(50-29-31-56-59-36-43-17-6-7-18-44(43)38-61(59)64-62(56)39-50)49-28-30-52-47(34-49)20-12-24-54(52)58-37-48-19-8-9-21-51(48)53-22-10-11-23-55(53)58/h1-2,4-14,16-28,30,32-39H,3,15H2. The Morgan fingerprint density at radius 3 is 2.00 bits per heavy atom. The van der Waals surface area contributed by atoms with Gasteiger partial charge in [-0.3, -0.25) is 0 Å². The van der Waals surface area contributed by atoms with E-state index in [1.807, 2.05) is 0 Å². The first-order valence-corrected chi connectivity index (χ1v) is 22.1. The zero-order valence-electron chi connectivity index (χ0n) is 35.0. The van der Waals surface area contributed by atoms with Crippen molar-refractivity contribution >= 4 is 93.6 Å². The smallest absolute Gasteiger partial charge is 0.146 e. The predicted molar refractivity (Wildman–Crippen MR) is 270 cm³/mol. The monoisotopic (exact) mass is 813 g/mol. The highest BCUT2D eigenvalue weighted by Crippen LogP contribution is 2.44. The number of allylic oxidation sites excluding steroid dienone is 5. The van der Waals surface area contributed by atoms with Crippen LogP contribution in [0, 0.1) is 0 Å². The fraction of sp³-hybridized carbons (Fsp3) is 0.0323. The maximum absolute atomic E-state index is 6.68. The summed E-state index contributed by atoms with van der Waals surface area (Å²) in [5, 5.41) is 14.2. The second kappa shape index (κ2) is 14.6. The van der Waals surface area contributed by atoms with Gasteiger partial charge in [-0.25, -0.2) is 0 Å². The third kappa shape index (κ3) is 5.98. The molecule has 0 radical (unpaired) electrons. The number of furan rings is 1. The molecule has 0 amide bonds. The van der Waals surface area contributed by atoms with E-state index in [1.54, 1.807) is 0 Å². The summed E-state index contributed by atoms with van der Waals surface area (Å²) in [6, 6.07) is 68.6. The molecule has 0 saturated carbocycles. The third-order valence-electron chi connectivity index (χ3n) is 13.3. The van der Waals surface area contributed by atoms with Crippen LogP contribution in [0.1, 0.15) is 18.4 Å². The van der Waals surface area contributed by atoms with E-state index in [4.69, 9.17) is 4.42 Å². The van der Waals surface area contributed by atoms with Gasteiger partial charge in [-0.2, -0.15) is 0 Å². The van der Waals surface area contributed by atoms with E-state index in [0.717, 1.165) is 62.3 Å². The number of rotatable bonds is 6. The Balaban J connectivity index is 1.04. The second-order valence-electron chi connectivity index (χ2n) is 17.0. The largest absolute Gasteiger partial charge is 0.455 e. The van der Waals surface area contributed by atoms with E-state index in [-0.39, 0.29) is 0 Å². The Hall–Kier alpha value is -8.38. The first-order valence-electron chi connectivity index (χ1n) is 22.1. The summed E-state index contributed by atoms with van der Waals surface area (Å²) in [6.07, 6.45) is 10.8. The van der Waals surface area contributed by atoms with Gasteiger partial charge in [-0.1, -0.05) is 163 Å². The Bertz CT molecular complexity index is 4050. The van der Waals surface area contributed by atoms with Crippen LogP contribution >= 0.6 is 0 Å². The van der Waals surface area contributed by atoms with Crippen LogP contribution in [-0.4, -0.2) is 0 Å². The average molecular weight is 814 g/mol. The minimum Gasteiger partial charge on any atom is -0.455 e. The molecule has 0 N–H and O–H groups in total. The molecule has 11 aromatic rings. The molecule has 0 unspecified atom stereocenters. The zero-order valence-corrected chi connectivity index (χ0v) is 35.0. The van der Waals surface area contributed by atoms with Gasteiger partial charge < -0.3 is 9.32 Å². The molecule has 0 spiro atoms. The Kier molecular flexibility index (Phi) is 8.29. The zero-order chi connectivity index (χ0) is 42.1. The molecule has 1 heterocycles. The van der Waals surface area contributed by atoms with Gasteiger partial charge in [0.15, 0.2) is 0 Å². The number of hydrogen-bond acceptors (Lipinski definition) is 2. The summed E-state index contributed by atoms with van der Waals surface area (Å²) < 4.78 is 6.68. The summed E-state index contributed by atoms with van der Waals surface area (Å²) in [5.41, 5.74) is 19.2. The summed E-state index contributed by atoms with van der Waals surface area (Å²) in [5.74, 6) is 0. The lowest BCUT2D eigenvalue weighted by Gasteiger charge is -2.29. The van der Waals surface area contributed by atoms with Crippen molar-refractivity contribution in [1.29, 1.82) is 0 Å². The molecule has 0 fully saturated rings. The lowest BCUT2D eigenvalue weighted by molar-refractivity contribution is 0.575. The first-order chi connectivity index (χ1) is 31.7. The van der Waals surface area contributed by atoms with Gasteiger partial charge in [0.2, 0.25) is 0 Å². The summed E-state index contributed by atoms with van der Waals surface area (Å²) in [6.45, 7) is 0. The van der Waals surface area contributed by atoms with Crippen LogP contribution < -0.4 is 15.5 Å². The Morgan fingerprint density at radius 1 is 0.453 bits per heavy atom. The first kappa shape index (κ1) is 36.3. The molecule has 0 bridgehead atoms. The Labute approximate surface area is 370 Å². The van der Waals surface area contributed by atoms with E-state index in [2.05, 4.69) is 229 Å². The summed E-state index contributed by atoms with van der Waals surface area (Å²) in [4.78, 5) is 2.36. The molecule has 2 aliphatic rings. The molecule has 2 heteroatoms. The van der Waals surface area contributed by atoms with Gasteiger partial charge in [0, 0.05) is 22.7 Å². The minimum absolute atomic E-state index is 0.782. The van der Waals surface area contributed by atoms with Crippen molar-refractivity contribution in [3.8, 4) is 22.3 Å². The maximum Gasteiger partial charge on any atom is 0.146 e. The number of fused-ring (bicyclic) bond motifs is 9. The molecular formula is C62H39NO. The van der Waals surface area contributed by atoms with E-state index >= 15 is 0 Å². The van der Waals surface area contributed by atoms with Crippen molar-refractivity contribution in [2.75, 3.05) is 4.90 Å². The molecule has 1 aromatic heterocycles. The highest BCUT2D eigenvalue weighted by atomic mass is 16.3. The molecule has 64 heavy (non-hydrogen) atoms. The van der Waals surface area contributed by atoms with Crippen molar-refractivity contribution in [3.05, 3.63) is 234 Å². The molecule has 10 aromatic carbocycles. The number of anilines is 2. The van der Waals surface area contributed by atoms with E-state index in [1.165, 1.54) is 76.5 Å². The molecule has 0 atom stereocenters. The van der Waals surface area contributed by atoms with Crippen LogP contribution in [0.15, 0.2) is 222 Å². The summed E-state index contributed by atoms with van der Waals surface area (Å²) >= 11 is 0. The highest BCUT2D eigenvalue weighted by molar-refractivity contribution is 6.16. The van der Waals surface area contributed by atoms with Crippen LogP contribution in [0.3, 0.4) is 0 Å². The van der Waals surface area contributed by atoms with Gasteiger partial charge in [0.1, 0.15) is 16.7 Å². The van der Waals surface area contributed by atoms with Gasteiger partial charge in [-0.15, -0.1) is 0 Å². The predicted octanol–water partition coefficient (Wildman–Crippen LogP) is 15.3. The van der Waals surface area contributed by atoms with Crippen LogP contribution in [0.25, 0.3) is 104 Å². The quantitative estimate of drug-likeness (QED) is 0.123. The van der Waals surface area contributed by atoms with E-state index < -0.39 is 0 Å². The van der Waals surface area contributed by atoms with Gasteiger partial charge in [-0.05, 0) is 149 Å². The van der Waals surface area contributed by atoms with Crippen molar-refractivity contribution in [3.63, 3.8) is 0 Å². The highest BCUT2D eigenvalue weighted by Gasteiger charge is 2.23. The SMILES string of the molecule is C1=C=c2c(oc3cc4ccccc4cc23)=CC=1N(c1ccc2c(-c3cc4ccccc4c4ccccc34)cccc2c1)c1ccc(-c2ccc3ccccc3c2)cc1C1=CC=CCC1. The van der Waals surface area contributed by atoms with E-state index in [0.29, 0.717) is 0 Å². The number of hydrogen-bond donors (Lipinski definition) is 0. The second-order valence-corrected chi connectivity index (χ2v) is 17.0. The lowest BCUT2D eigenvalue weighted by Crippen LogP contribution is -2.25. The van der Waals surface area contributed by atoms with Crippen molar-refractivity contribution < 1.29 is 4.42 Å². The van der Waals surface area contributed by atoms with Crippen LogP contribution in [0.5, 0.6) is 0 Å².